The number of benzene rings is 1. The second-order valence-electron chi connectivity index (χ2n) is 3.91. The fraction of sp³-hybridized carbons (Fsp3) is 0.154. The molecule has 19 heavy (non-hydrogen) atoms. The zero-order valence-electron chi connectivity index (χ0n) is 10.1. The van der Waals surface area contributed by atoms with Crippen molar-refractivity contribution in [3.05, 3.63) is 52.9 Å². The summed E-state index contributed by atoms with van der Waals surface area (Å²) in [5.41, 5.74) is 7.49. The highest BCUT2D eigenvalue weighted by Gasteiger charge is 2.08. The van der Waals surface area contributed by atoms with Crippen molar-refractivity contribution < 1.29 is 4.79 Å². The number of amides is 1. The number of halogens is 1. The Kier molecular flexibility index (Phi) is 4.43. The molecular weight excluding hydrogens is 264 g/mol. The van der Waals surface area contributed by atoms with Crippen molar-refractivity contribution in [2.24, 2.45) is 5.73 Å². The van der Waals surface area contributed by atoms with Crippen LogP contribution in [0.3, 0.4) is 0 Å². The van der Waals surface area contributed by atoms with Gasteiger partial charge < -0.3 is 11.1 Å². The maximum absolute atomic E-state index is 11.9. The third kappa shape index (κ3) is 3.74. The summed E-state index contributed by atoms with van der Waals surface area (Å²) >= 11 is 5.65. The summed E-state index contributed by atoms with van der Waals surface area (Å²) in [6, 6.07) is 9.15. The predicted molar refractivity (Wildman–Crippen MR) is 73.7 cm³/mol. The van der Waals surface area contributed by atoms with Crippen molar-refractivity contribution in [3.8, 4) is 0 Å². The molecule has 0 fully saturated rings. The molecule has 0 bridgehead atoms. The van der Waals surface area contributed by atoms with E-state index in [0.717, 1.165) is 11.1 Å². The molecule has 0 unspecified atom stereocenters. The van der Waals surface area contributed by atoms with Crippen LogP contribution in [-0.4, -0.2) is 15.9 Å². The lowest BCUT2D eigenvalue weighted by molar-refractivity contribution is -0.115. The number of anilines is 1. The minimum Gasteiger partial charge on any atom is -0.326 e. The molecule has 1 heterocycles. The normalized spacial score (nSPS) is 10.2. The van der Waals surface area contributed by atoms with Crippen molar-refractivity contribution in [1.82, 2.24) is 9.97 Å². The SMILES string of the molecule is NCc1ccccc1CC(=O)Nc1ccnc(Cl)n1. The molecule has 0 aliphatic heterocycles. The Labute approximate surface area is 115 Å². The van der Waals surface area contributed by atoms with E-state index in [9.17, 15) is 4.79 Å². The van der Waals surface area contributed by atoms with E-state index in [1.165, 1.54) is 6.20 Å². The van der Waals surface area contributed by atoms with Crippen LogP contribution in [0.5, 0.6) is 0 Å². The van der Waals surface area contributed by atoms with Gasteiger partial charge in [-0.05, 0) is 28.8 Å². The van der Waals surface area contributed by atoms with E-state index < -0.39 is 0 Å². The molecule has 0 saturated heterocycles. The van der Waals surface area contributed by atoms with E-state index in [-0.39, 0.29) is 17.6 Å². The van der Waals surface area contributed by atoms with Crippen molar-refractivity contribution in [2.45, 2.75) is 13.0 Å². The first-order valence-electron chi connectivity index (χ1n) is 5.74. The topological polar surface area (TPSA) is 80.9 Å². The van der Waals surface area contributed by atoms with Gasteiger partial charge in [-0.3, -0.25) is 4.79 Å². The summed E-state index contributed by atoms with van der Waals surface area (Å²) in [7, 11) is 0. The molecule has 0 spiro atoms. The number of hydrogen-bond donors (Lipinski definition) is 2. The standard InChI is InChI=1S/C13H13ClN4O/c14-13-16-6-5-11(18-13)17-12(19)7-9-3-1-2-4-10(9)8-15/h1-6H,7-8,15H2,(H,16,17,18,19). The molecule has 1 aromatic heterocycles. The van der Waals surface area contributed by atoms with Crippen LogP contribution in [0.1, 0.15) is 11.1 Å². The largest absolute Gasteiger partial charge is 0.326 e. The molecule has 1 amide bonds. The second kappa shape index (κ2) is 6.26. The molecule has 2 aromatic rings. The highest BCUT2D eigenvalue weighted by molar-refractivity contribution is 6.28. The fourth-order valence-corrected chi connectivity index (χ4v) is 1.84. The van der Waals surface area contributed by atoms with Crippen molar-refractivity contribution in [2.75, 3.05) is 5.32 Å². The third-order valence-electron chi connectivity index (χ3n) is 2.58. The van der Waals surface area contributed by atoms with Crippen LogP contribution in [0.15, 0.2) is 36.5 Å². The smallest absolute Gasteiger partial charge is 0.229 e. The molecule has 6 heteroatoms. The van der Waals surface area contributed by atoms with Crippen LogP contribution in [0.25, 0.3) is 0 Å². The zero-order valence-corrected chi connectivity index (χ0v) is 10.9. The van der Waals surface area contributed by atoms with Gasteiger partial charge in [-0.25, -0.2) is 9.97 Å². The predicted octanol–water partition coefficient (Wildman–Crippen LogP) is 1.77. The Morgan fingerprint density at radius 2 is 2.00 bits per heavy atom. The molecule has 0 aliphatic rings. The first-order chi connectivity index (χ1) is 9.19. The number of carbonyl (C=O) groups excluding carboxylic acids is 1. The van der Waals surface area contributed by atoms with E-state index in [4.69, 9.17) is 17.3 Å². The molecule has 0 atom stereocenters. The van der Waals surface area contributed by atoms with Gasteiger partial charge in [-0.1, -0.05) is 24.3 Å². The van der Waals surface area contributed by atoms with Gasteiger partial charge in [0.05, 0.1) is 6.42 Å². The van der Waals surface area contributed by atoms with Gasteiger partial charge in [0.2, 0.25) is 11.2 Å². The molecule has 0 saturated carbocycles. The van der Waals surface area contributed by atoms with Gasteiger partial charge in [0.15, 0.2) is 0 Å². The maximum Gasteiger partial charge on any atom is 0.229 e. The number of carbonyl (C=O) groups is 1. The molecule has 2 rings (SSSR count). The zero-order chi connectivity index (χ0) is 13.7. The summed E-state index contributed by atoms with van der Waals surface area (Å²) < 4.78 is 0. The van der Waals surface area contributed by atoms with E-state index in [1.807, 2.05) is 24.3 Å². The lowest BCUT2D eigenvalue weighted by Gasteiger charge is -2.08. The van der Waals surface area contributed by atoms with Crippen LogP contribution in [0.2, 0.25) is 5.28 Å². The highest BCUT2D eigenvalue weighted by atomic mass is 35.5. The Balaban J connectivity index is 2.05. The minimum atomic E-state index is -0.171. The van der Waals surface area contributed by atoms with Gasteiger partial charge >= 0.3 is 0 Å². The van der Waals surface area contributed by atoms with Crippen LogP contribution >= 0.6 is 11.6 Å². The third-order valence-corrected chi connectivity index (χ3v) is 2.77. The van der Waals surface area contributed by atoms with E-state index in [0.29, 0.717) is 12.4 Å². The summed E-state index contributed by atoms with van der Waals surface area (Å²) in [5, 5.41) is 2.76. The summed E-state index contributed by atoms with van der Waals surface area (Å²) in [5.74, 6) is 0.214. The molecule has 5 nitrogen and oxygen atoms in total. The van der Waals surface area contributed by atoms with E-state index >= 15 is 0 Å². The molecule has 0 radical (unpaired) electrons. The molecule has 98 valence electrons. The van der Waals surface area contributed by atoms with Gasteiger partial charge in [0.25, 0.3) is 0 Å². The van der Waals surface area contributed by atoms with Crippen molar-refractivity contribution in [1.29, 1.82) is 0 Å². The molecule has 3 N–H and O–H groups in total. The number of nitrogens with one attached hydrogen (secondary N) is 1. The van der Waals surface area contributed by atoms with Crippen LogP contribution in [0, 0.1) is 0 Å². The van der Waals surface area contributed by atoms with Gasteiger partial charge in [-0.2, -0.15) is 0 Å². The first-order valence-corrected chi connectivity index (χ1v) is 6.12. The molecular formula is C13H13ClN4O. The highest BCUT2D eigenvalue weighted by Crippen LogP contribution is 2.11. The average Bonchev–Trinajstić information content (AvgIpc) is 2.39. The van der Waals surface area contributed by atoms with Gasteiger partial charge in [0, 0.05) is 12.7 Å². The Hall–Kier alpha value is -1.98. The summed E-state index contributed by atoms with van der Waals surface area (Å²) in [4.78, 5) is 19.5. The monoisotopic (exact) mass is 276 g/mol. The first kappa shape index (κ1) is 13.5. The lowest BCUT2D eigenvalue weighted by Crippen LogP contribution is -2.17. The quantitative estimate of drug-likeness (QED) is 0.834. The Morgan fingerprint density at radius 3 is 2.68 bits per heavy atom. The van der Waals surface area contributed by atoms with Crippen LogP contribution in [0.4, 0.5) is 5.82 Å². The molecule has 1 aromatic carbocycles. The van der Waals surface area contributed by atoms with Crippen molar-refractivity contribution >= 4 is 23.3 Å². The van der Waals surface area contributed by atoms with Gasteiger partial charge in [-0.15, -0.1) is 0 Å². The van der Waals surface area contributed by atoms with Crippen LogP contribution in [-0.2, 0) is 17.8 Å². The Bertz CT molecular complexity index is 588. The number of aromatic nitrogens is 2. The lowest BCUT2D eigenvalue weighted by atomic mass is 10.0. The number of nitrogens with zero attached hydrogens (tertiary/aromatic N) is 2. The Morgan fingerprint density at radius 1 is 1.26 bits per heavy atom. The average molecular weight is 277 g/mol. The van der Waals surface area contributed by atoms with E-state index in [1.54, 1.807) is 6.07 Å². The minimum absolute atomic E-state index is 0.0974. The molecule has 0 aliphatic carbocycles. The number of hydrogen-bond acceptors (Lipinski definition) is 4. The number of nitrogens with two attached hydrogens (primary N) is 1. The number of rotatable bonds is 4. The summed E-state index contributed by atoms with van der Waals surface area (Å²) in [6.45, 7) is 0.406. The van der Waals surface area contributed by atoms with Gasteiger partial charge in [0.1, 0.15) is 5.82 Å². The van der Waals surface area contributed by atoms with Crippen molar-refractivity contribution in [3.63, 3.8) is 0 Å². The van der Waals surface area contributed by atoms with Crippen LogP contribution < -0.4 is 11.1 Å². The fourth-order valence-electron chi connectivity index (χ4n) is 1.69. The maximum atomic E-state index is 11.9. The second-order valence-corrected chi connectivity index (χ2v) is 4.25. The van der Waals surface area contributed by atoms with E-state index in [2.05, 4.69) is 15.3 Å². The summed E-state index contributed by atoms with van der Waals surface area (Å²) in [6.07, 6.45) is 1.73.